The van der Waals surface area contributed by atoms with Gasteiger partial charge in [-0.15, -0.1) is 11.8 Å². The first-order valence-electron chi connectivity index (χ1n) is 6.90. The van der Waals surface area contributed by atoms with Gasteiger partial charge in [-0.3, -0.25) is 4.72 Å². The van der Waals surface area contributed by atoms with Gasteiger partial charge in [0.2, 0.25) is 0 Å². The van der Waals surface area contributed by atoms with Gasteiger partial charge in [0.15, 0.2) is 0 Å². The van der Waals surface area contributed by atoms with Crippen LogP contribution in [-0.4, -0.2) is 27.2 Å². The van der Waals surface area contributed by atoms with Crippen LogP contribution in [0.2, 0.25) is 0 Å². The van der Waals surface area contributed by atoms with Gasteiger partial charge in [0, 0.05) is 10.6 Å². The van der Waals surface area contributed by atoms with Crippen molar-refractivity contribution in [1.29, 1.82) is 0 Å². The summed E-state index contributed by atoms with van der Waals surface area (Å²) >= 11 is 1.54. The Balaban J connectivity index is 2.23. The zero-order valence-corrected chi connectivity index (χ0v) is 14.4. The third kappa shape index (κ3) is 4.49. The van der Waals surface area contributed by atoms with Crippen LogP contribution in [0.15, 0.2) is 58.3 Å². The lowest BCUT2D eigenvalue weighted by Crippen LogP contribution is -2.13. The molecule has 0 aliphatic rings. The maximum Gasteiger partial charge on any atom is 0.338 e. The molecule has 1 N–H and O–H groups in total. The molecule has 0 unspecified atom stereocenters. The maximum absolute atomic E-state index is 12.4. The molecule has 2 aromatic carbocycles. The van der Waals surface area contributed by atoms with E-state index < -0.39 is 16.0 Å². The standard InChI is InChI=1S/C16H17NO4S2/c1-3-21-16(18)12-5-4-6-13(11-12)17-23(19,20)15-9-7-14(22-2)8-10-15/h4-11,17H,3H2,1-2H3. The van der Waals surface area contributed by atoms with Crippen molar-refractivity contribution in [1.82, 2.24) is 0 Å². The number of carbonyl (C=O) groups is 1. The molecule has 0 radical (unpaired) electrons. The summed E-state index contributed by atoms with van der Waals surface area (Å²) in [5, 5.41) is 0. The summed E-state index contributed by atoms with van der Waals surface area (Å²) in [6, 6.07) is 12.8. The number of benzene rings is 2. The van der Waals surface area contributed by atoms with Crippen molar-refractivity contribution in [3.63, 3.8) is 0 Å². The zero-order chi connectivity index (χ0) is 16.9. The van der Waals surface area contributed by atoms with E-state index in [4.69, 9.17) is 4.74 Å². The zero-order valence-electron chi connectivity index (χ0n) is 12.8. The highest BCUT2D eigenvalue weighted by Gasteiger charge is 2.15. The Bertz CT molecular complexity index is 786. The Labute approximate surface area is 140 Å². The molecule has 122 valence electrons. The van der Waals surface area contributed by atoms with Crippen molar-refractivity contribution in [2.75, 3.05) is 17.6 Å². The van der Waals surface area contributed by atoms with Gasteiger partial charge in [-0.2, -0.15) is 0 Å². The summed E-state index contributed by atoms with van der Waals surface area (Å²) < 4.78 is 32.1. The van der Waals surface area contributed by atoms with Crippen LogP contribution in [0.5, 0.6) is 0 Å². The van der Waals surface area contributed by atoms with Crippen LogP contribution in [0.3, 0.4) is 0 Å². The van der Waals surface area contributed by atoms with Gasteiger partial charge < -0.3 is 4.74 Å². The molecular formula is C16H17NO4S2. The quantitative estimate of drug-likeness (QED) is 0.638. The minimum absolute atomic E-state index is 0.164. The lowest BCUT2D eigenvalue weighted by molar-refractivity contribution is 0.0526. The fourth-order valence-electron chi connectivity index (χ4n) is 1.89. The van der Waals surface area contributed by atoms with Crippen molar-refractivity contribution >= 4 is 33.4 Å². The van der Waals surface area contributed by atoms with Crippen molar-refractivity contribution in [2.24, 2.45) is 0 Å². The van der Waals surface area contributed by atoms with E-state index in [-0.39, 0.29) is 11.5 Å². The molecule has 0 aliphatic carbocycles. The highest BCUT2D eigenvalue weighted by atomic mass is 32.2. The summed E-state index contributed by atoms with van der Waals surface area (Å²) in [6.07, 6.45) is 1.92. The smallest absolute Gasteiger partial charge is 0.338 e. The number of rotatable bonds is 6. The van der Waals surface area contributed by atoms with Crippen molar-refractivity contribution in [3.05, 3.63) is 54.1 Å². The molecule has 0 atom stereocenters. The van der Waals surface area contributed by atoms with Gasteiger partial charge in [-0.05, 0) is 55.6 Å². The molecule has 2 rings (SSSR count). The van der Waals surface area contributed by atoms with Crippen LogP contribution < -0.4 is 4.72 Å². The first-order valence-corrected chi connectivity index (χ1v) is 9.61. The molecular weight excluding hydrogens is 334 g/mol. The number of hydrogen-bond donors (Lipinski definition) is 1. The fourth-order valence-corrected chi connectivity index (χ4v) is 3.35. The molecule has 0 spiro atoms. The third-order valence-corrected chi connectivity index (χ3v) is 5.14. The van der Waals surface area contributed by atoms with E-state index in [1.54, 1.807) is 49.4 Å². The Morgan fingerprint density at radius 1 is 1.17 bits per heavy atom. The fraction of sp³-hybridized carbons (Fsp3) is 0.188. The van der Waals surface area contributed by atoms with E-state index in [1.807, 2.05) is 6.26 Å². The summed E-state index contributed by atoms with van der Waals surface area (Å²) in [7, 11) is -3.70. The number of ether oxygens (including phenoxy) is 1. The topological polar surface area (TPSA) is 72.5 Å². The molecule has 0 fully saturated rings. The SMILES string of the molecule is CCOC(=O)c1cccc(NS(=O)(=O)c2ccc(SC)cc2)c1. The van der Waals surface area contributed by atoms with E-state index >= 15 is 0 Å². The predicted octanol–water partition coefficient (Wildman–Crippen LogP) is 3.39. The molecule has 7 heteroatoms. The highest BCUT2D eigenvalue weighted by molar-refractivity contribution is 7.98. The number of sulfonamides is 1. The second kappa shape index (κ2) is 7.52. The van der Waals surface area contributed by atoms with Crippen LogP contribution >= 0.6 is 11.8 Å². The minimum atomic E-state index is -3.70. The maximum atomic E-state index is 12.4. The number of esters is 1. The number of nitrogens with one attached hydrogen (secondary N) is 1. The molecule has 0 saturated heterocycles. The van der Waals surface area contributed by atoms with Crippen molar-refractivity contribution < 1.29 is 17.9 Å². The second-order valence-electron chi connectivity index (χ2n) is 4.58. The number of thioether (sulfide) groups is 1. The van der Waals surface area contributed by atoms with Gasteiger partial charge in [-0.25, -0.2) is 13.2 Å². The predicted molar refractivity (Wildman–Crippen MR) is 91.4 cm³/mol. The molecule has 0 saturated carbocycles. The van der Waals surface area contributed by atoms with Gasteiger partial charge in [0.25, 0.3) is 10.0 Å². The van der Waals surface area contributed by atoms with Gasteiger partial charge >= 0.3 is 5.97 Å². The minimum Gasteiger partial charge on any atom is -0.462 e. The van der Waals surface area contributed by atoms with E-state index in [0.717, 1.165) is 4.90 Å². The molecule has 23 heavy (non-hydrogen) atoms. The largest absolute Gasteiger partial charge is 0.462 e. The molecule has 0 aliphatic heterocycles. The Kier molecular flexibility index (Phi) is 5.68. The Morgan fingerprint density at radius 3 is 2.48 bits per heavy atom. The van der Waals surface area contributed by atoms with E-state index in [2.05, 4.69) is 4.72 Å². The van der Waals surface area contributed by atoms with Crippen LogP contribution in [0.25, 0.3) is 0 Å². The van der Waals surface area contributed by atoms with Crippen LogP contribution in [0, 0.1) is 0 Å². The van der Waals surface area contributed by atoms with Crippen molar-refractivity contribution in [2.45, 2.75) is 16.7 Å². The molecule has 0 amide bonds. The molecule has 2 aromatic rings. The normalized spacial score (nSPS) is 11.0. The van der Waals surface area contributed by atoms with Crippen LogP contribution in [0.4, 0.5) is 5.69 Å². The Hall–Kier alpha value is -1.99. The average Bonchev–Trinajstić information content (AvgIpc) is 2.55. The molecule has 0 heterocycles. The van der Waals surface area contributed by atoms with Gasteiger partial charge in [0.05, 0.1) is 17.1 Å². The summed E-state index contributed by atoms with van der Waals surface area (Å²) in [4.78, 5) is 12.8. The lowest BCUT2D eigenvalue weighted by atomic mass is 10.2. The first-order chi connectivity index (χ1) is 11.0. The average molecular weight is 351 g/mol. The van der Waals surface area contributed by atoms with E-state index in [1.165, 1.54) is 17.8 Å². The Morgan fingerprint density at radius 2 is 1.87 bits per heavy atom. The number of carbonyl (C=O) groups excluding carboxylic acids is 1. The highest BCUT2D eigenvalue weighted by Crippen LogP contribution is 2.21. The second-order valence-corrected chi connectivity index (χ2v) is 7.14. The van der Waals surface area contributed by atoms with E-state index in [9.17, 15) is 13.2 Å². The summed E-state index contributed by atoms with van der Waals surface area (Å²) in [6.45, 7) is 1.97. The first kappa shape index (κ1) is 17.4. The van der Waals surface area contributed by atoms with Crippen LogP contribution in [-0.2, 0) is 14.8 Å². The van der Waals surface area contributed by atoms with Crippen molar-refractivity contribution in [3.8, 4) is 0 Å². The van der Waals surface area contributed by atoms with Gasteiger partial charge in [0.1, 0.15) is 0 Å². The monoisotopic (exact) mass is 351 g/mol. The lowest BCUT2D eigenvalue weighted by Gasteiger charge is -2.10. The molecule has 0 aromatic heterocycles. The molecule has 0 bridgehead atoms. The number of anilines is 1. The third-order valence-electron chi connectivity index (χ3n) is 3.00. The van der Waals surface area contributed by atoms with Gasteiger partial charge in [-0.1, -0.05) is 6.07 Å². The summed E-state index contributed by atoms with van der Waals surface area (Å²) in [5.74, 6) is -0.488. The van der Waals surface area contributed by atoms with E-state index in [0.29, 0.717) is 11.3 Å². The number of hydrogen-bond acceptors (Lipinski definition) is 5. The summed E-state index contributed by atoms with van der Waals surface area (Å²) in [5.41, 5.74) is 0.606. The van der Waals surface area contributed by atoms with Crippen LogP contribution in [0.1, 0.15) is 17.3 Å². The molecule has 5 nitrogen and oxygen atoms in total.